The van der Waals surface area contributed by atoms with Crippen molar-refractivity contribution in [2.24, 2.45) is 0 Å². The second-order valence-corrected chi connectivity index (χ2v) is 4.73. The van der Waals surface area contributed by atoms with Gasteiger partial charge in [0.1, 0.15) is 5.82 Å². The zero-order valence-electron chi connectivity index (χ0n) is 12.2. The number of unbranched alkanes of at least 4 members (excludes halogenated alkanes) is 1. The van der Waals surface area contributed by atoms with Crippen LogP contribution in [0.3, 0.4) is 0 Å². The number of hydrogen-bond donors (Lipinski definition) is 2. The van der Waals surface area contributed by atoms with E-state index in [1.807, 2.05) is 12.3 Å². The minimum absolute atomic E-state index is 0.169. The maximum absolute atomic E-state index is 9.22. The summed E-state index contributed by atoms with van der Waals surface area (Å²) in [5, 5.41) is 12.6. The standard InChI is InChI=1S/C15H27N3O/c1-3-5-10-18(11-12-19)15-14(7-6-9-17-15)13-16-8-4-2/h6-7,9,16,19H,3-5,8,10-13H2,1-2H3. The Bertz CT molecular complexity index is 344. The molecule has 0 spiro atoms. The van der Waals surface area contributed by atoms with E-state index in [1.165, 1.54) is 5.56 Å². The van der Waals surface area contributed by atoms with Crippen molar-refractivity contribution in [3.8, 4) is 0 Å². The van der Waals surface area contributed by atoms with Crippen molar-refractivity contribution >= 4 is 5.82 Å². The molecule has 4 nitrogen and oxygen atoms in total. The average molecular weight is 265 g/mol. The maximum Gasteiger partial charge on any atom is 0.133 e. The summed E-state index contributed by atoms with van der Waals surface area (Å²) in [5.74, 6) is 1.01. The van der Waals surface area contributed by atoms with E-state index in [1.54, 1.807) is 0 Å². The van der Waals surface area contributed by atoms with Crippen LogP contribution in [0.25, 0.3) is 0 Å². The lowest BCUT2D eigenvalue weighted by Gasteiger charge is -2.25. The molecule has 0 unspecified atom stereocenters. The van der Waals surface area contributed by atoms with Crippen LogP contribution in [0.2, 0.25) is 0 Å². The van der Waals surface area contributed by atoms with Gasteiger partial charge in [0.05, 0.1) is 6.61 Å². The number of hydrogen-bond acceptors (Lipinski definition) is 4. The van der Waals surface area contributed by atoms with Crippen LogP contribution in [-0.4, -0.2) is 36.3 Å². The van der Waals surface area contributed by atoms with Gasteiger partial charge >= 0.3 is 0 Å². The van der Waals surface area contributed by atoms with E-state index in [4.69, 9.17) is 0 Å². The summed E-state index contributed by atoms with van der Waals surface area (Å²) in [6, 6.07) is 4.09. The highest BCUT2D eigenvalue weighted by atomic mass is 16.3. The Labute approximate surface area is 116 Å². The van der Waals surface area contributed by atoms with Gasteiger partial charge in [0.25, 0.3) is 0 Å². The minimum Gasteiger partial charge on any atom is -0.395 e. The highest BCUT2D eigenvalue weighted by molar-refractivity contribution is 5.46. The SMILES string of the molecule is CCCCN(CCO)c1ncccc1CNCCC. The Morgan fingerprint density at radius 2 is 2.11 bits per heavy atom. The summed E-state index contributed by atoms with van der Waals surface area (Å²) in [5.41, 5.74) is 1.21. The Balaban J connectivity index is 2.75. The van der Waals surface area contributed by atoms with Crippen molar-refractivity contribution in [3.63, 3.8) is 0 Å². The van der Waals surface area contributed by atoms with Crippen LogP contribution in [0.4, 0.5) is 5.82 Å². The van der Waals surface area contributed by atoms with Crippen molar-refractivity contribution in [1.82, 2.24) is 10.3 Å². The molecule has 1 aromatic rings. The van der Waals surface area contributed by atoms with Gasteiger partial charge in [-0.1, -0.05) is 26.3 Å². The molecule has 0 radical (unpaired) electrons. The Morgan fingerprint density at radius 3 is 2.79 bits per heavy atom. The van der Waals surface area contributed by atoms with Gasteiger partial charge in [-0.15, -0.1) is 0 Å². The Hall–Kier alpha value is -1.13. The first-order valence-electron chi connectivity index (χ1n) is 7.33. The fourth-order valence-corrected chi connectivity index (χ4v) is 2.05. The summed E-state index contributed by atoms with van der Waals surface area (Å²) in [6.07, 6.45) is 5.23. The number of rotatable bonds is 10. The molecule has 2 N–H and O–H groups in total. The molecule has 0 saturated carbocycles. The van der Waals surface area contributed by atoms with Gasteiger partial charge in [-0.05, 0) is 25.5 Å². The monoisotopic (exact) mass is 265 g/mol. The molecule has 1 rings (SSSR count). The molecule has 4 heteroatoms. The van der Waals surface area contributed by atoms with Crippen LogP contribution in [0.15, 0.2) is 18.3 Å². The summed E-state index contributed by atoms with van der Waals surface area (Å²) < 4.78 is 0. The molecule has 0 saturated heterocycles. The van der Waals surface area contributed by atoms with Gasteiger partial charge in [0, 0.05) is 31.4 Å². The van der Waals surface area contributed by atoms with E-state index < -0.39 is 0 Å². The van der Waals surface area contributed by atoms with Crippen molar-refractivity contribution in [2.75, 3.05) is 31.1 Å². The highest BCUT2D eigenvalue weighted by Gasteiger charge is 2.11. The number of aromatic nitrogens is 1. The molecule has 0 aromatic carbocycles. The number of aliphatic hydroxyl groups excluding tert-OH is 1. The molecule has 0 aliphatic rings. The summed E-state index contributed by atoms with van der Waals surface area (Å²) in [6.45, 7) is 7.97. The molecule has 0 fully saturated rings. The fourth-order valence-electron chi connectivity index (χ4n) is 2.05. The van der Waals surface area contributed by atoms with Crippen molar-refractivity contribution < 1.29 is 5.11 Å². The molecule has 1 heterocycles. The summed E-state index contributed by atoms with van der Waals surface area (Å²) in [7, 11) is 0. The lowest BCUT2D eigenvalue weighted by molar-refractivity contribution is 0.301. The Morgan fingerprint density at radius 1 is 1.26 bits per heavy atom. The molecule has 0 bridgehead atoms. The van der Waals surface area contributed by atoms with Crippen LogP contribution in [0.1, 0.15) is 38.7 Å². The van der Waals surface area contributed by atoms with Crippen LogP contribution >= 0.6 is 0 Å². The first kappa shape index (κ1) is 15.9. The molecule has 0 amide bonds. The van der Waals surface area contributed by atoms with Crippen LogP contribution in [0, 0.1) is 0 Å². The molecular formula is C15H27N3O. The van der Waals surface area contributed by atoms with Crippen LogP contribution in [0.5, 0.6) is 0 Å². The number of pyridine rings is 1. The van der Waals surface area contributed by atoms with Gasteiger partial charge in [-0.25, -0.2) is 4.98 Å². The third kappa shape index (κ3) is 5.57. The smallest absolute Gasteiger partial charge is 0.133 e. The van der Waals surface area contributed by atoms with Gasteiger partial charge < -0.3 is 15.3 Å². The predicted octanol–water partition coefficient (Wildman–Crippen LogP) is 2.18. The molecular weight excluding hydrogens is 238 g/mol. The van der Waals surface area contributed by atoms with E-state index in [-0.39, 0.29) is 6.61 Å². The highest BCUT2D eigenvalue weighted by Crippen LogP contribution is 2.17. The van der Waals surface area contributed by atoms with E-state index in [9.17, 15) is 5.11 Å². The predicted molar refractivity (Wildman–Crippen MR) is 80.4 cm³/mol. The second-order valence-electron chi connectivity index (χ2n) is 4.73. The summed E-state index contributed by atoms with van der Waals surface area (Å²) in [4.78, 5) is 6.69. The van der Waals surface area contributed by atoms with Crippen LogP contribution < -0.4 is 10.2 Å². The van der Waals surface area contributed by atoms with E-state index >= 15 is 0 Å². The van der Waals surface area contributed by atoms with E-state index in [0.29, 0.717) is 6.54 Å². The van der Waals surface area contributed by atoms with E-state index in [0.717, 1.165) is 44.7 Å². The molecule has 19 heavy (non-hydrogen) atoms. The topological polar surface area (TPSA) is 48.4 Å². The third-order valence-corrected chi connectivity index (χ3v) is 3.06. The number of nitrogens with one attached hydrogen (secondary N) is 1. The molecule has 0 aliphatic carbocycles. The van der Waals surface area contributed by atoms with Crippen molar-refractivity contribution in [2.45, 2.75) is 39.7 Å². The third-order valence-electron chi connectivity index (χ3n) is 3.06. The number of aliphatic hydroxyl groups is 1. The fraction of sp³-hybridized carbons (Fsp3) is 0.667. The van der Waals surface area contributed by atoms with Gasteiger partial charge in [0.2, 0.25) is 0 Å². The lowest BCUT2D eigenvalue weighted by atomic mass is 10.2. The first-order valence-corrected chi connectivity index (χ1v) is 7.33. The Kier molecular flexibility index (Phi) is 8.18. The van der Waals surface area contributed by atoms with E-state index in [2.05, 4.69) is 35.1 Å². The first-order chi connectivity index (χ1) is 9.33. The molecule has 0 atom stereocenters. The second kappa shape index (κ2) is 9.75. The summed E-state index contributed by atoms with van der Waals surface area (Å²) >= 11 is 0. The normalized spacial score (nSPS) is 10.7. The number of nitrogens with zero attached hydrogens (tertiary/aromatic N) is 2. The van der Waals surface area contributed by atoms with Gasteiger partial charge in [-0.2, -0.15) is 0 Å². The van der Waals surface area contributed by atoms with Gasteiger partial charge in [0.15, 0.2) is 0 Å². The quantitative estimate of drug-likeness (QED) is 0.637. The zero-order valence-corrected chi connectivity index (χ0v) is 12.2. The van der Waals surface area contributed by atoms with Crippen molar-refractivity contribution in [1.29, 1.82) is 0 Å². The maximum atomic E-state index is 9.22. The molecule has 108 valence electrons. The average Bonchev–Trinajstić information content (AvgIpc) is 2.44. The largest absolute Gasteiger partial charge is 0.395 e. The van der Waals surface area contributed by atoms with Gasteiger partial charge in [-0.3, -0.25) is 0 Å². The molecule has 1 aromatic heterocycles. The van der Waals surface area contributed by atoms with Crippen LogP contribution in [-0.2, 0) is 6.54 Å². The van der Waals surface area contributed by atoms with Crippen molar-refractivity contribution in [3.05, 3.63) is 23.9 Å². The lowest BCUT2D eigenvalue weighted by Crippen LogP contribution is -2.30. The zero-order chi connectivity index (χ0) is 13.9. The minimum atomic E-state index is 0.169. The molecule has 0 aliphatic heterocycles. The number of anilines is 1.